The molecule has 0 aromatic heterocycles. The van der Waals surface area contributed by atoms with Gasteiger partial charge in [-0.3, -0.25) is 4.79 Å². The van der Waals surface area contributed by atoms with E-state index in [1.165, 1.54) is 0 Å². The van der Waals surface area contributed by atoms with Gasteiger partial charge in [0, 0.05) is 6.42 Å². The van der Waals surface area contributed by atoms with Gasteiger partial charge in [0.25, 0.3) is 0 Å². The van der Waals surface area contributed by atoms with E-state index in [1.807, 2.05) is 13.8 Å². The molecule has 0 N–H and O–H groups in total. The number of esters is 1. The SMILES string of the molecule is CCOC(=O)CC[C@@]1(C)OC[C@@H](C)O1. The second kappa shape index (κ2) is 4.75. The summed E-state index contributed by atoms with van der Waals surface area (Å²) in [6.07, 6.45) is 1.01. The van der Waals surface area contributed by atoms with Gasteiger partial charge < -0.3 is 14.2 Å². The van der Waals surface area contributed by atoms with Gasteiger partial charge in [-0.1, -0.05) is 0 Å². The van der Waals surface area contributed by atoms with Crippen molar-refractivity contribution in [3.63, 3.8) is 0 Å². The second-order valence-electron chi connectivity index (χ2n) is 3.68. The highest BCUT2D eigenvalue weighted by molar-refractivity contribution is 5.69. The van der Waals surface area contributed by atoms with Gasteiger partial charge in [0.05, 0.1) is 25.7 Å². The normalized spacial score (nSPS) is 31.8. The van der Waals surface area contributed by atoms with Gasteiger partial charge in [-0.2, -0.15) is 0 Å². The average Bonchev–Trinajstić information content (AvgIpc) is 2.45. The molecule has 0 amide bonds. The Hall–Kier alpha value is -0.610. The summed E-state index contributed by atoms with van der Waals surface area (Å²) in [6.45, 7) is 6.63. The Morgan fingerprint density at radius 3 is 2.86 bits per heavy atom. The Kier molecular flexibility index (Phi) is 3.89. The maximum absolute atomic E-state index is 11.1. The smallest absolute Gasteiger partial charge is 0.305 e. The monoisotopic (exact) mass is 202 g/mol. The molecule has 0 spiro atoms. The molecule has 1 rings (SSSR count). The lowest BCUT2D eigenvalue weighted by Crippen LogP contribution is -2.27. The summed E-state index contributed by atoms with van der Waals surface area (Å²) in [7, 11) is 0. The van der Waals surface area contributed by atoms with Crippen LogP contribution in [-0.2, 0) is 19.0 Å². The van der Waals surface area contributed by atoms with Gasteiger partial charge in [0.2, 0.25) is 0 Å². The largest absolute Gasteiger partial charge is 0.466 e. The van der Waals surface area contributed by atoms with E-state index in [9.17, 15) is 4.79 Å². The Morgan fingerprint density at radius 1 is 1.64 bits per heavy atom. The van der Waals surface area contributed by atoms with E-state index in [0.717, 1.165) is 0 Å². The fourth-order valence-corrected chi connectivity index (χ4v) is 1.48. The Labute approximate surface area is 84.5 Å². The number of hydrogen-bond acceptors (Lipinski definition) is 4. The van der Waals surface area contributed by atoms with Gasteiger partial charge in [0.1, 0.15) is 0 Å². The van der Waals surface area contributed by atoms with Crippen LogP contribution in [0.4, 0.5) is 0 Å². The summed E-state index contributed by atoms with van der Waals surface area (Å²) in [5.74, 6) is -0.799. The van der Waals surface area contributed by atoms with Gasteiger partial charge in [-0.25, -0.2) is 0 Å². The first-order chi connectivity index (χ1) is 6.56. The van der Waals surface area contributed by atoms with Crippen molar-refractivity contribution in [2.45, 2.75) is 45.5 Å². The third kappa shape index (κ3) is 3.27. The number of ether oxygens (including phenoxy) is 3. The van der Waals surface area contributed by atoms with E-state index in [0.29, 0.717) is 26.1 Å². The third-order valence-corrected chi connectivity index (χ3v) is 2.16. The first-order valence-electron chi connectivity index (χ1n) is 5.03. The Bertz CT molecular complexity index is 204. The molecule has 0 bridgehead atoms. The van der Waals surface area contributed by atoms with Crippen molar-refractivity contribution < 1.29 is 19.0 Å². The first kappa shape index (κ1) is 11.5. The molecule has 14 heavy (non-hydrogen) atoms. The Balaban J connectivity index is 2.27. The molecule has 1 aliphatic rings. The topological polar surface area (TPSA) is 44.8 Å². The van der Waals surface area contributed by atoms with Crippen LogP contribution in [0.2, 0.25) is 0 Å². The molecule has 0 aromatic carbocycles. The van der Waals surface area contributed by atoms with Gasteiger partial charge >= 0.3 is 5.97 Å². The minimum Gasteiger partial charge on any atom is -0.466 e. The molecule has 82 valence electrons. The van der Waals surface area contributed by atoms with Crippen molar-refractivity contribution in [1.29, 1.82) is 0 Å². The maximum atomic E-state index is 11.1. The second-order valence-corrected chi connectivity index (χ2v) is 3.68. The minimum absolute atomic E-state index is 0.113. The van der Waals surface area contributed by atoms with Crippen molar-refractivity contribution in [3.8, 4) is 0 Å². The Morgan fingerprint density at radius 2 is 2.36 bits per heavy atom. The van der Waals surface area contributed by atoms with Crippen LogP contribution < -0.4 is 0 Å². The zero-order valence-corrected chi connectivity index (χ0v) is 9.04. The number of rotatable bonds is 4. The van der Waals surface area contributed by atoms with Crippen molar-refractivity contribution in [2.75, 3.05) is 13.2 Å². The molecule has 4 heteroatoms. The highest BCUT2D eigenvalue weighted by atomic mass is 16.7. The molecule has 1 heterocycles. The zero-order chi connectivity index (χ0) is 10.6. The van der Waals surface area contributed by atoms with Crippen LogP contribution in [0.3, 0.4) is 0 Å². The molecule has 0 aliphatic carbocycles. The van der Waals surface area contributed by atoms with Crippen LogP contribution >= 0.6 is 0 Å². The molecule has 0 radical (unpaired) electrons. The third-order valence-electron chi connectivity index (χ3n) is 2.16. The van der Waals surface area contributed by atoms with E-state index in [2.05, 4.69) is 0 Å². The van der Waals surface area contributed by atoms with Crippen molar-refractivity contribution in [2.24, 2.45) is 0 Å². The standard InChI is InChI=1S/C10H18O4/c1-4-12-9(11)5-6-10(3)13-7-8(2)14-10/h8H,4-7H2,1-3H3/t8-,10+/m1/s1. The van der Waals surface area contributed by atoms with Crippen molar-refractivity contribution in [1.82, 2.24) is 0 Å². The average molecular weight is 202 g/mol. The summed E-state index contributed by atoms with van der Waals surface area (Å²) < 4.78 is 15.8. The number of hydrogen-bond donors (Lipinski definition) is 0. The summed E-state index contributed by atoms with van der Waals surface area (Å²) in [5.41, 5.74) is 0. The predicted octanol–water partition coefficient (Wildman–Crippen LogP) is 1.48. The summed E-state index contributed by atoms with van der Waals surface area (Å²) in [4.78, 5) is 11.1. The van der Waals surface area contributed by atoms with Gasteiger partial charge in [0.15, 0.2) is 5.79 Å². The zero-order valence-electron chi connectivity index (χ0n) is 9.04. The lowest BCUT2D eigenvalue weighted by Gasteiger charge is -2.22. The quantitative estimate of drug-likeness (QED) is 0.648. The summed E-state index contributed by atoms with van der Waals surface area (Å²) in [5, 5.41) is 0. The van der Waals surface area contributed by atoms with Crippen LogP contribution in [0.5, 0.6) is 0 Å². The summed E-state index contributed by atoms with van der Waals surface area (Å²) >= 11 is 0. The number of carbonyl (C=O) groups excluding carboxylic acids is 1. The molecule has 1 fully saturated rings. The molecular formula is C10H18O4. The van der Waals surface area contributed by atoms with E-state index in [-0.39, 0.29) is 12.1 Å². The maximum Gasteiger partial charge on any atom is 0.305 e. The minimum atomic E-state index is -0.605. The molecule has 4 nitrogen and oxygen atoms in total. The van der Waals surface area contributed by atoms with Crippen LogP contribution in [-0.4, -0.2) is 31.1 Å². The summed E-state index contributed by atoms with van der Waals surface area (Å²) in [6, 6.07) is 0. The highest BCUT2D eigenvalue weighted by Gasteiger charge is 2.35. The molecule has 0 aromatic rings. The highest BCUT2D eigenvalue weighted by Crippen LogP contribution is 2.27. The van der Waals surface area contributed by atoms with Crippen LogP contribution in [0.25, 0.3) is 0 Å². The van der Waals surface area contributed by atoms with Crippen LogP contribution in [0, 0.1) is 0 Å². The molecule has 1 aliphatic heterocycles. The van der Waals surface area contributed by atoms with Crippen molar-refractivity contribution in [3.05, 3.63) is 0 Å². The number of carbonyl (C=O) groups is 1. The van der Waals surface area contributed by atoms with E-state index < -0.39 is 5.79 Å². The lowest BCUT2D eigenvalue weighted by atomic mass is 10.2. The molecule has 0 saturated carbocycles. The predicted molar refractivity (Wildman–Crippen MR) is 50.8 cm³/mol. The molecule has 0 unspecified atom stereocenters. The molecule has 2 atom stereocenters. The first-order valence-corrected chi connectivity index (χ1v) is 5.03. The van der Waals surface area contributed by atoms with Gasteiger partial charge in [-0.15, -0.1) is 0 Å². The molecular weight excluding hydrogens is 184 g/mol. The lowest BCUT2D eigenvalue weighted by molar-refractivity contribution is -0.166. The van der Waals surface area contributed by atoms with Crippen molar-refractivity contribution >= 4 is 5.97 Å². The fraction of sp³-hybridized carbons (Fsp3) is 0.900. The molecule has 1 saturated heterocycles. The van der Waals surface area contributed by atoms with Crippen LogP contribution in [0.1, 0.15) is 33.6 Å². The fourth-order valence-electron chi connectivity index (χ4n) is 1.48. The van der Waals surface area contributed by atoms with E-state index in [4.69, 9.17) is 14.2 Å². The van der Waals surface area contributed by atoms with Gasteiger partial charge in [-0.05, 0) is 20.8 Å². The van der Waals surface area contributed by atoms with Crippen LogP contribution in [0.15, 0.2) is 0 Å². The van der Waals surface area contributed by atoms with E-state index in [1.54, 1.807) is 6.92 Å². The van der Waals surface area contributed by atoms with E-state index >= 15 is 0 Å².